The monoisotopic (exact) mass is 174 g/mol. The zero-order valence-corrected chi connectivity index (χ0v) is 7.16. The van der Waals surface area contributed by atoms with Crippen molar-refractivity contribution in [2.24, 2.45) is 0 Å². The fourth-order valence-electron chi connectivity index (χ4n) is 1.16. The number of rotatable bonds is 4. The fourth-order valence-corrected chi connectivity index (χ4v) is 1.16. The average Bonchev–Trinajstić information content (AvgIpc) is 2.47. The molecule has 0 saturated carbocycles. The molecule has 1 rings (SSSR count). The number of carbonyl (C=O) groups is 1. The zero-order chi connectivity index (χ0) is 8.97. The van der Waals surface area contributed by atoms with E-state index in [1.807, 2.05) is 6.92 Å². The van der Waals surface area contributed by atoms with Crippen LogP contribution in [0.15, 0.2) is 0 Å². The lowest BCUT2D eigenvalue weighted by Crippen LogP contribution is -2.30. The van der Waals surface area contributed by atoms with E-state index in [9.17, 15) is 9.90 Å². The van der Waals surface area contributed by atoms with Crippen molar-refractivity contribution < 1.29 is 19.4 Å². The Hall–Kier alpha value is -0.610. The normalized spacial score (nSPS) is 25.5. The summed E-state index contributed by atoms with van der Waals surface area (Å²) in [6.45, 7) is 2.67. The highest BCUT2D eigenvalue weighted by Crippen LogP contribution is 2.17. The van der Waals surface area contributed by atoms with E-state index in [1.165, 1.54) is 0 Å². The van der Waals surface area contributed by atoms with Crippen LogP contribution in [-0.4, -0.2) is 36.5 Å². The summed E-state index contributed by atoms with van der Waals surface area (Å²) in [5, 5.41) is 9.40. The number of carbonyl (C=O) groups excluding carboxylic acids is 1. The van der Waals surface area contributed by atoms with Gasteiger partial charge in [-0.25, -0.2) is 0 Å². The zero-order valence-electron chi connectivity index (χ0n) is 7.16. The number of cyclic esters (lactones) is 1. The molecule has 0 radical (unpaired) electrons. The first kappa shape index (κ1) is 9.48. The maximum absolute atomic E-state index is 10.7. The van der Waals surface area contributed by atoms with Crippen molar-refractivity contribution in [3.05, 3.63) is 0 Å². The van der Waals surface area contributed by atoms with Gasteiger partial charge < -0.3 is 14.6 Å². The standard InChI is InChI=1S/C8H14O4/c1-2-11-5-6(9)7-3-4-8(10)12-7/h6-7,9H,2-5H2,1H3. The number of ether oxygens (including phenoxy) is 2. The second-order valence-electron chi connectivity index (χ2n) is 2.79. The van der Waals surface area contributed by atoms with Crippen LogP contribution >= 0.6 is 0 Å². The number of aliphatic hydroxyl groups is 1. The molecule has 1 fully saturated rings. The Labute approximate surface area is 71.5 Å². The largest absolute Gasteiger partial charge is 0.459 e. The predicted molar refractivity (Wildman–Crippen MR) is 41.6 cm³/mol. The van der Waals surface area contributed by atoms with E-state index in [0.29, 0.717) is 19.4 Å². The average molecular weight is 174 g/mol. The van der Waals surface area contributed by atoms with Gasteiger partial charge in [0.2, 0.25) is 0 Å². The third-order valence-corrected chi connectivity index (χ3v) is 1.84. The molecule has 1 heterocycles. The molecule has 4 nitrogen and oxygen atoms in total. The van der Waals surface area contributed by atoms with Crippen LogP contribution in [0.2, 0.25) is 0 Å². The minimum Gasteiger partial charge on any atom is -0.459 e. The summed E-state index contributed by atoms with van der Waals surface area (Å²) in [5.41, 5.74) is 0. The summed E-state index contributed by atoms with van der Waals surface area (Å²) in [5.74, 6) is -0.226. The van der Waals surface area contributed by atoms with Crippen molar-refractivity contribution in [2.75, 3.05) is 13.2 Å². The first-order valence-corrected chi connectivity index (χ1v) is 4.19. The Morgan fingerprint density at radius 2 is 2.58 bits per heavy atom. The molecule has 2 atom stereocenters. The minimum atomic E-state index is -0.670. The molecule has 12 heavy (non-hydrogen) atoms. The number of aliphatic hydroxyl groups excluding tert-OH is 1. The molecule has 1 saturated heterocycles. The molecule has 1 aliphatic rings. The highest BCUT2D eigenvalue weighted by Gasteiger charge is 2.29. The van der Waals surface area contributed by atoms with Crippen molar-refractivity contribution in [1.29, 1.82) is 0 Å². The van der Waals surface area contributed by atoms with Crippen LogP contribution in [0, 0.1) is 0 Å². The van der Waals surface area contributed by atoms with E-state index in [0.717, 1.165) is 0 Å². The fraction of sp³-hybridized carbons (Fsp3) is 0.875. The number of hydrogen-bond acceptors (Lipinski definition) is 4. The van der Waals surface area contributed by atoms with Crippen LogP contribution in [0.5, 0.6) is 0 Å². The summed E-state index contributed by atoms with van der Waals surface area (Å²) < 4.78 is 9.85. The lowest BCUT2D eigenvalue weighted by molar-refractivity contribution is -0.146. The van der Waals surface area contributed by atoms with E-state index in [4.69, 9.17) is 9.47 Å². The van der Waals surface area contributed by atoms with E-state index >= 15 is 0 Å². The summed E-state index contributed by atoms with van der Waals surface area (Å²) in [6.07, 6.45) is -0.0126. The van der Waals surface area contributed by atoms with Crippen LogP contribution in [0.4, 0.5) is 0 Å². The molecule has 1 aliphatic heterocycles. The quantitative estimate of drug-likeness (QED) is 0.614. The van der Waals surface area contributed by atoms with Crippen molar-refractivity contribution in [3.8, 4) is 0 Å². The highest BCUT2D eigenvalue weighted by molar-refractivity contribution is 5.71. The Morgan fingerprint density at radius 1 is 1.83 bits per heavy atom. The van der Waals surface area contributed by atoms with Gasteiger partial charge in [-0.1, -0.05) is 0 Å². The van der Waals surface area contributed by atoms with Gasteiger partial charge in [0.15, 0.2) is 0 Å². The third-order valence-electron chi connectivity index (χ3n) is 1.84. The molecular weight excluding hydrogens is 160 g/mol. The molecule has 0 amide bonds. The van der Waals surface area contributed by atoms with Gasteiger partial charge in [0, 0.05) is 13.0 Å². The smallest absolute Gasteiger partial charge is 0.306 e. The van der Waals surface area contributed by atoms with Gasteiger partial charge in [-0.15, -0.1) is 0 Å². The minimum absolute atomic E-state index is 0.226. The predicted octanol–water partition coefficient (Wildman–Crippen LogP) is 0.0894. The van der Waals surface area contributed by atoms with Crippen molar-refractivity contribution in [1.82, 2.24) is 0 Å². The van der Waals surface area contributed by atoms with E-state index in [1.54, 1.807) is 0 Å². The summed E-state index contributed by atoms with van der Waals surface area (Å²) >= 11 is 0. The summed E-state index contributed by atoms with van der Waals surface area (Å²) in [4.78, 5) is 10.7. The first-order valence-electron chi connectivity index (χ1n) is 4.19. The third kappa shape index (κ3) is 2.46. The Bertz CT molecular complexity index is 157. The second kappa shape index (κ2) is 4.42. The van der Waals surface area contributed by atoms with Crippen LogP contribution in [0.1, 0.15) is 19.8 Å². The van der Waals surface area contributed by atoms with Gasteiger partial charge in [0.1, 0.15) is 12.2 Å². The molecular formula is C8H14O4. The van der Waals surface area contributed by atoms with Gasteiger partial charge >= 0.3 is 5.97 Å². The van der Waals surface area contributed by atoms with Gasteiger partial charge in [0.25, 0.3) is 0 Å². The van der Waals surface area contributed by atoms with E-state index < -0.39 is 6.10 Å². The van der Waals surface area contributed by atoms with Crippen molar-refractivity contribution in [2.45, 2.75) is 32.0 Å². The molecule has 0 spiro atoms. The lowest BCUT2D eigenvalue weighted by atomic mass is 10.1. The van der Waals surface area contributed by atoms with Crippen LogP contribution < -0.4 is 0 Å². The van der Waals surface area contributed by atoms with Gasteiger partial charge in [0.05, 0.1) is 6.61 Å². The van der Waals surface area contributed by atoms with Crippen molar-refractivity contribution >= 4 is 5.97 Å². The molecule has 0 bridgehead atoms. The SMILES string of the molecule is CCOCC(O)C1CCC(=O)O1. The van der Waals surface area contributed by atoms with Crippen LogP contribution in [0.25, 0.3) is 0 Å². The topological polar surface area (TPSA) is 55.8 Å². The molecule has 0 aliphatic carbocycles. The van der Waals surface area contributed by atoms with Crippen LogP contribution in [0.3, 0.4) is 0 Å². The molecule has 4 heteroatoms. The Balaban J connectivity index is 2.23. The molecule has 70 valence electrons. The number of esters is 1. The number of hydrogen-bond donors (Lipinski definition) is 1. The maximum Gasteiger partial charge on any atom is 0.306 e. The molecule has 0 aromatic carbocycles. The second-order valence-corrected chi connectivity index (χ2v) is 2.79. The molecule has 0 aromatic heterocycles. The van der Waals surface area contributed by atoms with Gasteiger partial charge in [-0.2, -0.15) is 0 Å². The van der Waals surface area contributed by atoms with E-state index in [-0.39, 0.29) is 18.7 Å². The summed E-state index contributed by atoms with van der Waals surface area (Å²) in [6, 6.07) is 0. The summed E-state index contributed by atoms with van der Waals surface area (Å²) in [7, 11) is 0. The molecule has 0 aromatic rings. The highest BCUT2D eigenvalue weighted by atomic mass is 16.6. The maximum atomic E-state index is 10.7. The van der Waals surface area contributed by atoms with Crippen molar-refractivity contribution in [3.63, 3.8) is 0 Å². The molecule has 1 N–H and O–H groups in total. The Kier molecular flexibility index (Phi) is 3.49. The molecule has 2 unspecified atom stereocenters. The van der Waals surface area contributed by atoms with E-state index in [2.05, 4.69) is 0 Å². The van der Waals surface area contributed by atoms with Gasteiger partial charge in [-0.3, -0.25) is 4.79 Å². The Morgan fingerprint density at radius 3 is 3.08 bits per heavy atom. The van der Waals surface area contributed by atoms with Crippen LogP contribution in [-0.2, 0) is 14.3 Å². The van der Waals surface area contributed by atoms with Gasteiger partial charge in [-0.05, 0) is 13.3 Å². The first-order chi connectivity index (χ1) is 5.74. The lowest BCUT2D eigenvalue weighted by Gasteiger charge is -2.16.